The minimum absolute atomic E-state index is 0.0743. The Hall–Kier alpha value is -3.60. The maximum absolute atomic E-state index is 14.6. The number of pyridine rings is 1. The second-order valence-corrected chi connectivity index (χ2v) is 11.2. The number of hydrogen-bond donors (Lipinski definition) is 2. The molecule has 4 aromatic rings. The molecular formula is C29H26ClF2N3O4S. The Kier molecular flexibility index (Phi) is 8.02. The van der Waals surface area contributed by atoms with E-state index in [4.69, 9.17) is 11.6 Å². The van der Waals surface area contributed by atoms with Crippen LogP contribution in [0.5, 0.6) is 0 Å². The van der Waals surface area contributed by atoms with Gasteiger partial charge in [0.2, 0.25) is 0 Å². The van der Waals surface area contributed by atoms with E-state index in [-0.39, 0.29) is 26.0 Å². The van der Waals surface area contributed by atoms with Gasteiger partial charge in [0.05, 0.1) is 15.1 Å². The summed E-state index contributed by atoms with van der Waals surface area (Å²) in [6, 6.07) is 12.0. The predicted octanol–water partition coefficient (Wildman–Crippen LogP) is 6.95. The van der Waals surface area contributed by atoms with Gasteiger partial charge in [-0.3, -0.25) is 9.78 Å². The molecule has 11 heteroatoms. The van der Waals surface area contributed by atoms with Gasteiger partial charge in [0.1, 0.15) is 16.5 Å². The molecule has 208 valence electrons. The zero-order valence-electron chi connectivity index (χ0n) is 21.4. The molecule has 1 aliphatic rings. The first-order chi connectivity index (χ1) is 19.2. The van der Waals surface area contributed by atoms with E-state index in [1.807, 2.05) is 18.2 Å². The van der Waals surface area contributed by atoms with Gasteiger partial charge in [-0.1, -0.05) is 29.8 Å². The number of benzene rings is 2. The summed E-state index contributed by atoms with van der Waals surface area (Å²) in [5.41, 5.74) is 2.13. The summed E-state index contributed by atoms with van der Waals surface area (Å²) in [5.74, 6) is -2.09. The number of halogens is 3. The van der Waals surface area contributed by atoms with E-state index in [9.17, 15) is 28.6 Å². The molecule has 2 aromatic carbocycles. The topological polar surface area (TPSA) is 94.0 Å². The number of carboxylic acid groups (broad SMARTS) is 1. The van der Waals surface area contributed by atoms with Crippen LogP contribution in [0.3, 0.4) is 0 Å². The molecule has 0 saturated heterocycles. The van der Waals surface area contributed by atoms with Crippen LogP contribution in [-0.4, -0.2) is 56.1 Å². The number of aliphatic hydroxyl groups is 1. The minimum Gasteiger partial charge on any atom is -0.465 e. The molecule has 0 bridgehead atoms. The van der Waals surface area contributed by atoms with E-state index >= 15 is 0 Å². The van der Waals surface area contributed by atoms with Crippen molar-refractivity contribution in [2.24, 2.45) is 0 Å². The summed E-state index contributed by atoms with van der Waals surface area (Å²) in [6.45, 7) is 0. The number of amides is 2. The standard InChI is InChI=1S/C29H26ClF2N3O4S/c1-34(29(38)39)19-5-7-20(8-6-19)35(27(36)18-4-2-3-17(15-18)16-11-13-33-14-12-16)28(37)26-24(30)23-21(31)9-10-22(32)25(23)40-26/h2-4,9-15,19-20,27,36H,5-8H2,1H3,(H,38,39). The number of carbonyl (C=O) groups excluding carboxylic acids is 1. The van der Waals surface area contributed by atoms with E-state index in [1.54, 1.807) is 30.6 Å². The molecule has 2 heterocycles. The van der Waals surface area contributed by atoms with Gasteiger partial charge in [-0.05, 0) is 67.1 Å². The van der Waals surface area contributed by atoms with Crippen LogP contribution in [0.2, 0.25) is 5.02 Å². The third-order valence-corrected chi connectivity index (χ3v) is 9.16. The smallest absolute Gasteiger partial charge is 0.407 e. The number of aromatic nitrogens is 1. The third kappa shape index (κ3) is 5.26. The van der Waals surface area contributed by atoms with Crippen LogP contribution in [0.4, 0.5) is 13.6 Å². The fourth-order valence-electron chi connectivity index (χ4n) is 5.29. The summed E-state index contributed by atoms with van der Waals surface area (Å²) in [5, 5.41) is 20.7. The normalized spacial score (nSPS) is 17.9. The fraction of sp³-hybridized carbons (Fsp3) is 0.276. The van der Waals surface area contributed by atoms with Crippen molar-refractivity contribution in [3.05, 3.63) is 88.0 Å². The highest BCUT2D eigenvalue weighted by Gasteiger charge is 2.37. The molecule has 5 rings (SSSR count). The van der Waals surface area contributed by atoms with Crippen molar-refractivity contribution in [1.29, 1.82) is 0 Å². The van der Waals surface area contributed by atoms with E-state index in [1.165, 1.54) is 16.8 Å². The molecule has 2 aromatic heterocycles. The molecule has 1 saturated carbocycles. The van der Waals surface area contributed by atoms with Gasteiger partial charge < -0.3 is 20.0 Å². The van der Waals surface area contributed by atoms with Crippen molar-refractivity contribution < 1.29 is 28.6 Å². The van der Waals surface area contributed by atoms with E-state index in [0.29, 0.717) is 31.2 Å². The molecule has 1 atom stereocenters. The van der Waals surface area contributed by atoms with Gasteiger partial charge in [-0.15, -0.1) is 11.3 Å². The molecule has 7 nitrogen and oxygen atoms in total. The van der Waals surface area contributed by atoms with Crippen LogP contribution in [0.25, 0.3) is 21.2 Å². The summed E-state index contributed by atoms with van der Waals surface area (Å²) < 4.78 is 29.1. The monoisotopic (exact) mass is 585 g/mol. The van der Waals surface area contributed by atoms with Gasteiger partial charge in [0, 0.05) is 37.1 Å². The maximum Gasteiger partial charge on any atom is 0.407 e. The Labute approximate surface area is 238 Å². The van der Waals surface area contributed by atoms with Crippen LogP contribution in [-0.2, 0) is 0 Å². The van der Waals surface area contributed by atoms with Crippen LogP contribution in [0.15, 0.2) is 60.9 Å². The molecule has 0 spiro atoms. The zero-order valence-corrected chi connectivity index (χ0v) is 23.0. The second-order valence-electron chi connectivity index (χ2n) is 9.78. The number of fused-ring (bicyclic) bond motifs is 1. The lowest BCUT2D eigenvalue weighted by molar-refractivity contribution is -0.0255. The Morgan fingerprint density at radius 2 is 1.65 bits per heavy atom. The van der Waals surface area contributed by atoms with Crippen molar-refractivity contribution in [3.63, 3.8) is 0 Å². The summed E-state index contributed by atoms with van der Waals surface area (Å²) in [6.07, 6.45) is 2.66. The van der Waals surface area contributed by atoms with Crippen molar-refractivity contribution in [3.8, 4) is 11.1 Å². The predicted molar refractivity (Wildman–Crippen MR) is 149 cm³/mol. The largest absolute Gasteiger partial charge is 0.465 e. The third-order valence-electron chi connectivity index (χ3n) is 7.48. The van der Waals surface area contributed by atoms with E-state index < -0.39 is 35.9 Å². The summed E-state index contributed by atoms with van der Waals surface area (Å²) in [7, 11) is 1.51. The number of thiophene rings is 1. The molecule has 40 heavy (non-hydrogen) atoms. The Morgan fingerprint density at radius 3 is 2.30 bits per heavy atom. The van der Waals surface area contributed by atoms with Gasteiger partial charge in [0.25, 0.3) is 5.91 Å². The lowest BCUT2D eigenvalue weighted by atomic mass is 9.88. The first-order valence-electron chi connectivity index (χ1n) is 12.7. The van der Waals surface area contributed by atoms with Gasteiger partial charge in [-0.25, -0.2) is 13.6 Å². The highest BCUT2D eigenvalue weighted by Crippen LogP contribution is 2.41. The SMILES string of the molecule is CN(C(=O)O)C1CCC(N(C(=O)c2sc3c(F)ccc(F)c3c2Cl)C(O)c2cccc(-c3ccncc3)c2)CC1. The number of rotatable bonds is 6. The average Bonchev–Trinajstić information content (AvgIpc) is 3.33. The van der Waals surface area contributed by atoms with Crippen molar-refractivity contribution in [1.82, 2.24) is 14.8 Å². The minimum atomic E-state index is -1.40. The molecule has 0 aliphatic heterocycles. The van der Waals surface area contributed by atoms with Crippen molar-refractivity contribution in [2.75, 3.05) is 7.05 Å². The van der Waals surface area contributed by atoms with Crippen molar-refractivity contribution >= 4 is 45.0 Å². The van der Waals surface area contributed by atoms with Gasteiger partial charge >= 0.3 is 6.09 Å². The number of hydrogen-bond acceptors (Lipinski definition) is 5. The number of aliphatic hydroxyl groups excluding tert-OH is 1. The van der Waals surface area contributed by atoms with E-state index in [2.05, 4.69) is 4.98 Å². The molecule has 2 N–H and O–H groups in total. The quantitative estimate of drug-likeness (QED) is 0.239. The Bertz CT molecular complexity index is 1560. The first-order valence-corrected chi connectivity index (χ1v) is 13.9. The lowest BCUT2D eigenvalue weighted by Crippen LogP contribution is -2.47. The first kappa shape index (κ1) is 27.9. The Morgan fingerprint density at radius 1 is 1.00 bits per heavy atom. The Balaban J connectivity index is 1.53. The second kappa shape index (κ2) is 11.5. The molecule has 1 aliphatic carbocycles. The highest BCUT2D eigenvalue weighted by atomic mass is 35.5. The zero-order chi connectivity index (χ0) is 28.6. The molecule has 2 amide bonds. The number of nitrogens with zero attached hydrogens (tertiary/aromatic N) is 3. The summed E-state index contributed by atoms with van der Waals surface area (Å²) in [4.78, 5) is 32.1. The molecule has 1 fully saturated rings. The van der Waals surface area contributed by atoms with Gasteiger partial charge in [0.15, 0.2) is 6.23 Å². The van der Waals surface area contributed by atoms with Crippen LogP contribution >= 0.6 is 22.9 Å². The molecule has 1 unspecified atom stereocenters. The summed E-state index contributed by atoms with van der Waals surface area (Å²) >= 11 is 7.21. The lowest BCUT2D eigenvalue weighted by Gasteiger charge is -2.41. The molecule has 0 radical (unpaired) electrons. The fourth-order valence-corrected chi connectivity index (χ4v) is 6.79. The maximum atomic E-state index is 14.6. The average molecular weight is 586 g/mol. The van der Waals surface area contributed by atoms with Crippen LogP contribution < -0.4 is 0 Å². The molecular weight excluding hydrogens is 560 g/mol. The van der Waals surface area contributed by atoms with Gasteiger partial charge in [-0.2, -0.15) is 0 Å². The van der Waals surface area contributed by atoms with Crippen LogP contribution in [0.1, 0.15) is 47.1 Å². The highest BCUT2D eigenvalue weighted by molar-refractivity contribution is 7.21. The number of carbonyl (C=O) groups is 2. The van der Waals surface area contributed by atoms with E-state index in [0.717, 1.165) is 34.6 Å². The van der Waals surface area contributed by atoms with Crippen molar-refractivity contribution in [2.45, 2.75) is 44.0 Å². The van der Waals surface area contributed by atoms with Crippen LogP contribution in [0, 0.1) is 11.6 Å².